The molecule has 2 rings (SSSR count). The summed E-state index contributed by atoms with van der Waals surface area (Å²) in [5.74, 6) is -0.000609. The highest BCUT2D eigenvalue weighted by atomic mass is 35.5. The molecule has 0 spiro atoms. The molecule has 2 aromatic carbocycles. The second-order valence-electron chi connectivity index (χ2n) is 7.33. The normalized spacial score (nSPS) is 12.2. The van der Waals surface area contributed by atoms with E-state index in [0.717, 1.165) is 22.7 Å². The molecule has 2 aromatic rings. The first-order valence-corrected chi connectivity index (χ1v) is 12.9. The Labute approximate surface area is 192 Å². The van der Waals surface area contributed by atoms with Gasteiger partial charge in [0.05, 0.1) is 23.2 Å². The molecule has 0 aromatic heterocycles. The van der Waals surface area contributed by atoms with Gasteiger partial charge in [0.25, 0.3) is 5.69 Å². The van der Waals surface area contributed by atoms with Crippen molar-refractivity contribution in [1.29, 1.82) is 0 Å². The summed E-state index contributed by atoms with van der Waals surface area (Å²) in [4.78, 5) is 10.1. The first-order chi connectivity index (χ1) is 14.7. The van der Waals surface area contributed by atoms with Gasteiger partial charge in [-0.05, 0) is 35.7 Å². The van der Waals surface area contributed by atoms with Crippen LogP contribution in [0.3, 0.4) is 0 Å². The smallest absolute Gasteiger partial charge is 0.306 e. The fraction of sp³-hybridized carbons (Fsp3) is 0.368. The second kappa shape index (κ2) is 10.0. The van der Waals surface area contributed by atoms with E-state index in [9.17, 15) is 26.9 Å². The van der Waals surface area contributed by atoms with Crippen LogP contribution in [0.1, 0.15) is 19.4 Å². The van der Waals surface area contributed by atoms with Gasteiger partial charge in [-0.3, -0.25) is 10.1 Å². The van der Waals surface area contributed by atoms with E-state index in [2.05, 4.69) is 0 Å². The van der Waals surface area contributed by atoms with Crippen LogP contribution in [0, 0.1) is 16.0 Å². The minimum atomic E-state index is -4.15. The van der Waals surface area contributed by atoms with Crippen molar-refractivity contribution < 1.29 is 30.7 Å². The van der Waals surface area contributed by atoms with Crippen LogP contribution >= 0.6 is 11.6 Å². The zero-order valence-electron chi connectivity index (χ0n) is 17.8. The highest BCUT2D eigenvalue weighted by Crippen LogP contribution is 2.32. The molecule has 10 nitrogen and oxygen atoms in total. The molecule has 0 N–H and O–H groups in total. The Morgan fingerprint density at radius 1 is 1.09 bits per heavy atom. The third kappa shape index (κ3) is 6.55. The highest BCUT2D eigenvalue weighted by molar-refractivity contribution is 7.89. The van der Waals surface area contributed by atoms with E-state index < -0.39 is 30.8 Å². The van der Waals surface area contributed by atoms with Crippen LogP contribution in [0.15, 0.2) is 41.3 Å². The first-order valence-electron chi connectivity index (χ1n) is 9.25. The van der Waals surface area contributed by atoms with E-state index >= 15 is 0 Å². The Balaban J connectivity index is 2.50. The molecule has 13 heteroatoms. The average molecular weight is 507 g/mol. The van der Waals surface area contributed by atoms with Crippen LogP contribution in [0.5, 0.6) is 11.5 Å². The molecule has 0 radical (unpaired) electrons. The summed E-state index contributed by atoms with van der Waals surface area (Å²) in [6, 6.07) is 7.67. The molecule has 0 saturated heterocycles. The van der Waals surface area contributed by atoms with Crippen LogP contribution in [0.2, 0.25) is 5.02 Å². The fourth-order valence-corrected chi connectivity index (χ4v) is 5.10. The van der Waals surface area contributed by atoms with Gasteiger partial charge in [-0.15, -0.1) is 0 Å². The predicted octanol–water partition coefficient (Wildman–Crippen LogP) is 3.44. The van der Waals surface area contributed by atoms with Crippen LogP contribution in [0.25, 0.3) is 0 Å². The lowest BCUT2D eigenvalue weighted by molar-refractivity contribution is -0.384. The van der Waals surface area contributed by atoms with Gasteiger partial charge < -0.3 is 8.92 Å². The maximum Gasteiger partial charge on any atom is 0.306 e. The highest BCUT2D eigenvalue weighted by Gasteiger charge is 2.28. The number of methoxy groups -OCH3 is 1. The molecule has 32 heavy (non-hydrogen) atoms. The molecule has 0 fully saturated rings. The summed E-state index contributed by atoms with van der Waals surface area (Å²) >= 11 is 5.81. The topological polar surface area (TPSA) is 133 Å². The summed E-state index contributed by atoms with van der Waals surface area (Å²) in [5, 5.41) is 11.0. The van der Waals surface area contributed by atoms with Gasteiger partial charge in [-0.1, -0.05) is 31.5 Å². The quantitative estimate of drug-likeness (QED) is 0.272. The van der Waals surface area contributed by atoms with Gasteiger partial charge >= 0.3 is 10.1 Å². The number of hydrogen-bond donors (Lipinski definition) is 0. The number of benzene rings is 2. The number of halogens is 1. The summed E-state index contributed by atoms with van der Waals surface area (Å²) in [6.07, 6.45) is 0.877. The maximum absolute atomic E-state index is 13.3. The van der Waals surface area contributed by atoms with Gasteiger partial charge in [0, 0.05) is 19.2 Å². The van der Waals surface area contributed by atoms with E-state index in [-0.39, 0.29) is 40.4 Å². The van der Waals surface area contributed by atoms with Crippen LogP contribution in [-0.4, -0.2) is 46.0 Å². The molecule has 0 heterocycles. The minimum absolute atomic E-state index is 0.0722. The maximum atomic E-state index is 13.3. The first kappa shape index (κ1) is 25.8. The van der Waals surface area contributed by atoms with E-state index in [1.54, 1.807) is 6.07 Å². The van der Waals surface area contributed by atoms with Crippen LogP contribution in [-0.2, 0) is 26.7 Å². The predicted molar refractivity (Wildman–Crippen MR) is 119 cm³/mol. The Morgan fingerprint density at radius 2 is 1.75 bits per heavy atom. The third-order valence-electron chi connectivity index (χ3n) is 4.15. The van der Waals surface area contributed by atoms with Gasteiger partial charge in [-0.25, -0.2) is 8.42 Å². The number of ether oxygens (including phenoxy) is 1. The third-order valence-corrected chi connectivity index (χ3v) is 6.76. The molecular formula is C19H23ClN2O8S2. The Morgan fingerprint density at radius 3 is 2.28 bits per heavy atom. The molecule has 0 unspecified atom stereocenters. The lowest BCUT2D eigenvalue weighted by Crippen LogP contribution is -2.33. The molecule has 0 aliphatic rings. The van der Waals surface area contributed by atoms with Crippen molar-refractivity contribution in [3.8, 4) is 11.5 Å². The molecule has 0 amide bonds. The Bertz CT molecular complexity index is 1210. The van der Waals surface area contributed by atoms with Crippen molar-refractivity contribution in [1.82, 2.24) is 4.31 Å². The van der Waals surface area contributed by atoms with Crippen molar-refractivity contribution in [3.63, 3.8) is 0 Å². The van der Waals surface area contributed by atoms with Gasteiger partial charge in [0.15, 0.2) is 11.5 Å². The number of nitro benzene ring substituents is 1. The number of hydrogen-bond acceptors (Lipinski definition) is 8. The number of rotatable bonds is 10. The standard InChI is InChI=1S/C19H23ClN2O8S2/c1-13(2)11-21(32(27,28)15-6-7-16(20)17(10-15)22(23)24)12-14-5-8-18(29-3)19(9-14)30-31(4,25)26/h5-10,13H,11-12H2,1-4H3. The van der Waals surface area contributed by atoms with E-state index in [1.807, 2.05) is 13.8 Å². The fourth-order valence-electron chi connectivity index (χ4n) is 2.85. The Hall–Kier alpha value is -2.41. The molecule has 0 aliphatic carbocycles. The average Bonchev–Trinajstić information content (AvgIpc) is 2.66. The van der Waals surface area contributed by atoms with E-state index in [0.29, 0.717) is 5.56 Å². The SMILES string of the molecule is COc1ccc(CN(CC(C)C)S(=O)(=O)c2ccc(Cl)c([N+](=O)[O-])c2)cc1OS(C)(=O)=O. The van der Waals surface area contributed by atoms with Crippen molar-refractivity contribution in [3.05, 3.63) is 57.1 Å². The number of nitrogens with zero attached hydrogens (tertiary/aromatic N) is 2. The van der Waals surface area contributed by atoms with Gasteiger partial charge in [0.1, 0.15) is 5.02 Å². The molecular weight excluding hydrogens is 484 g/mol. The zero-order chi connectivity index (χ0) is 24.3. The van der Waals surface area contributed by atoms with E-state index in [4.69, 9.17) is 20.5 Å². The second-order valence-corrected chi connectivity index (χ2v) is 11.3. The summed E-state index contributed by atoms with van der Waals surface area (Å²) in [7, 11) is -6.66. The molecule has 0 bridgehead atoms. The summed E-state index contributed by atoms with van der Waals surface area (Å²) in [6.45, 7) is 3.60. The Kier molecular flexibility index (Phi) is 8.10. The van der Waals surface area contributed by atoms with Crippen LogP contribution < -0.4 is 8.92 Å². The lowest BCUT2D eigenvalue weighted by atomic mass is 10.2. The summed E-state index contributed by atoms with van der Waals surface area (Å²) < 4.78 is 60.9. The molecule has 0 saturated carbocycles. The van der Waals surface area contributed by atoms with E-state index in [1.165, 1.54) is 25.3 Å². The van der Waals surface area contributed by atoms with Gasteiger partial charge in [0.2, 0.25) is 10.0 Å². The minimum Gasteiger partial charge on any atom is -0.493 e. The van der Waals surface area contributed by atoms with Crippen LogP contribution in [0.4, 0.5) is 5.69 Å². The van der Waals surface area contributed by atoms with Crippen molar-refractivity contribution in [2.24, 2.45) is 5.92 Å². The monoisotopic (exact) mass is 506 g/mol. The molecule has 0 atom stereocenters. The molecule has 0 aliphatic heterocycles. The van der Waals surface area contributed by atoms with Gasteiger partial charge in [-0.2, -0.15) is 12.7 Å². The zero-order valence-corrected chi connectivity index (χ0v) is 20.2. The molecule has 176 valence electrons. The lowest BCUT2D eigenvalue weighted by Gasteiger charge is -2.24. The number of sulfonamides is 1. The van der Waals surface area contributed by atoms with Crippen molar-refractivity contribution in [2.75, 3.05) is 19.9 Å². The van der Waals surface area contributed by atoms with Crippen molar-refractivity contribution in [2.45, 2.75) is 25.3 Å². The largest absolute Gasteiger partial charge is 0.493 e. The number of nitro groups is 1. The summed E-state index contributed by atoms with van der Waals surface area (Å²) in [5.41, 5.74) is -0.0948. The van der Waals surface area contributed by atoms with Crippen molar-refractivity contribution >= 4 is 37.4 Å².